The lowest BCUT2D eigenvalue weighted by atomic mass is 10.1. The van der Waals surface area contributed by atoms with E-state index in [0.717, 1.165) is 5.56 Å². The van der Waals surface area contributed by atoms with Crippen molar-refractivity contribution in [2.75, 3.05) is 33.2 Å². The number of hydrogen-bond donors (Lipinski definition) is 1. The smallest absolute Gasteiger partial charge is 0.221 e. The summed E-state index contributed by atoms with van der Waals surface area (Å²) in [5, 5.41) is 2.96. The first kappa shape index (κ1) is 22.0. The number of rotatable bonds is 11. The van der Waals surface area contributed by atoms with Crippen LogP contribution in [0.1, 0.15) is 24.9 Å². The van der Waals surface area contributed by atoms with Gasteiger partial charge in [-0.25, -0.2) is 4.39 Å². The second-order valence-corrected chi connectivity index (χ2v) is 7.21. The monoisotopic (exact) mass is 407 g/mol. The molecule has 1 atom stereocenters. The third kappa shape index (κ3) is 6.73. The third-order valence-corrected chi connectivity index (χ3v) is 5.08. The Labute approximate surface area is 169 Å². The van der Waals surface area contributed by atoms with Crippen molar-refractivity contribution in [3.63, 3.8) is 0 Å². The van der Waals surface area contributed by atoms with E-state index in [4.69, 9.17) is 14.2 Å². The molecule has 0 aliphatic carbocycles. The largest absolute Gasteiger partial charge is 0.493 e. The van der Waals surface area contributed by atoms with Gasteiger partial charge < -0.3 is 19.5 Å². The molecule has 0 spiro atoms. The molecule has 1 unspecified atom stereocenters. The van der Waals surface area contributed by atoms with Crippen LogP contribution in [-0.2, 0) is 9.53 Å². The summed E-state index contributed by atoms with van der Waals surface area (Å²) < 4.78 is 29.6. The summed E-state index contributed by atoms with van der Waals surface area (Å²) in [5.74, 6) is 1.39. The van der Waals surface area contributed by atoms with Gasteiger partial charge in [0.25, 0.3) is 0 Å². The molecule has 0 saturated heterocycles. The molecule has 2 aromatic rings. The van der Waals surface area contributed by atoms with Gasteiger partial charge in [0.05, 0.1) is 19.8 Å². The second kappa shape index (κ2) is 11.6. The Balaban J connectivity index is 1.86. The van der Waals surface area contributed by atoms with Gasteiger partial charge >= 0.3 is 0 Å². The Hall–Kier alpha value is -2.25. The molecule has 0 radical (unpaired) electrons. The summed E-state index contributed by atoms with van der Waals surface area (Å²) in [6.07, 6.45) is 0.304. The van der Waals surface area contributed by atoms with Crippen molar-refractivity contribution in [2.24, 2.45) is 0 Å². The first-order valence-corrected chi connectivity index (χ1v) is 10.00. The number of methoxy groups -OCH3 is 2. The maximum absolute atomic E-state index is 13.6. The van der Waals surface area contributed by atoms with Gasteiger partial charge in [0.1, 0.15) is 12.4 Å². The summed E-state index contributed by atoms with van der Waals surface area (Å²) in [7, 11) is 3.19. The second-order valence-electron chi connectivity index (χ2n) is 6.07. The molecule has 0 fully saturated rings. The zero-order valence-corrected chi connectivity index (χ0v) is 17.2. The number of carbonyl (C=O) groups is 1. The molecule has 0 heterocycles. The molecule has 0 saturated carbocycles. The normalized spacial score (nSPS) is 11.7. The van der Waals surface area contributed by atoms with Gasteiger partial charge in [-0.05, 0) is 36.8 Å². The maximum atomic E-state index is 13.6. The summed E-state index contributed by atoms with van der Waals surface area (Å²) in [5.41, 5.74) is 0.908. The van der Waals surface area contributed by atoms with Crippen LogP contribution >= 0.6 is 11.8 Å². The van der Waals surface area contributed by atoms with E-state index >= 15 is 0 Å². The SMILES string of the molecule is COCCOc1ccc(C(C)NC(=O)CCSc2ccccc2F)cc1OC. The van der Waals surface area contributed by atoms with Gasteiger partial charge in [0.15, 0.2) is 11.5 Å². The molecule has 0 bridgehead atoms. The number of carbonyl (C=O) groups excluding carboxylic acids is 1. The van der Waals surface area contributed by atoms with Crippen molar-refractivity contribution in [3.05, 3.63) is 53.8 Å². The van der Waals surface area contributed by atoms with Gasteiger partial charge in [0, 0.05) is 24.2 Å². The van der Waals surface area contributed by atoms with Gasteiger partial charge in [-0.1, -0.05) is 18.2 Å². The molecular formula is C21H26FNO4S. The van der Waals surface area contributed by atoms with Crippen molar-refractivity contribution in [1.29, 1.82) is 0 Å². The molecule has 2 aromatic carbocycles. The number of ether oxygens (including phenoxy) is 3. The van der Waals surface area contributed by atoms with Gasteiger partial charge in [-0.2, -0.15) is 0 Å². The first-order chi connectivity index (χ1) is 13.5. The van der Waals surface area contributed by atoms with Crippen molar-refractivity contribution >= 4 is 17.7 Å². The topological polar surface area (TPSA) is 56.8 Å². The fourth-order valence-electron chi connectivity index (χ4n) is 2.52. The van der Waals surface area contributed by atoms with E-state index in [-0.39, 0.29) is 17.8 Å². The number of amides is 1. The standard InChI is InChI=1S/C21H26FNO4S/c1-15(16-8-9-18(19(14-16)26-3)27-12-11-25-2)23-21(24)10-13-28-20-7-5-4-6-17(20)22/h4-9,14-15H,10-13H2,1-3H3,(H,23,24). The Morgan fingerprint density at radius 2 is 1.93 bits per heavy atom. The van der Waals surface area contributed by atoms with Crippen molar-refractivity contribution in [2.45, 2.75) is 24.3 Å². The minimum absolute atomic E-state index is 0.0873. The molecule has 152 valence electrons. The van der Waals surface area contributed by atoms with Gasteiger partial charge in [-0.3, -0.25) is 4.79 Å². The highest BCUT2D eigenvalue weighted by Gasteiger charge is 2.13. The molecule has 0 aliphatic rings. The van der Waals surface area contributed by atoms with E-state index < -0.39 is 0 Å². The predicted octanol–water partition coefficient (Wildman–Crippen LogP) is 4.22. The molecule has 5 nitrogen and oxygen atoms in total. The summed E-state index contributed by atoms with van der Waals surface area (Å²) in [4.78, 5) is 12.8. The Morgan fingerprint density at radius 3 is 2.64 bits per heavy atom. The van der Waals surface area contributed by atoms with E-state index in [0.29, 0.717) is 41.8 Å². The van der Waals surface area contributed by atoms with Crippen LogP contribution < -0.4 is 14.8 Å². The zero-order chi connectivity index (χ0) is 20.4. The average molecular weight is 408 g/mol. The molecule has 0 aromatic heterocycles. The summed E-state index contributed by atoms with van der Waals surface area (Å²) >= 11 is 1.33. The minimum atomic E-state index is -0.263. The molecule has 1 amide bonds. The first-order valence-electron chi connectivity index (χ1n) is 9.01. The quantitative estimate of drug-likeness (QED) is 0.446. The van der Waals surface area contributed by atoms with Gasteiger partial charge in [0.2, 0.25) is 5.91 Å². The Kier molecular flexibility index (Phi) is 9.10. The van der Waals surface area contributed by atoms with Crippen LogP contribution in [0.2, 0.25) is 0 Å². The Bertz CT molecular complexity index is 772. The van der Waals surface area contributed by atoms with Crippen LogP contribution in [0.4, 0.5) is 4.39 Å². The zero-order valence-electron chi connectivity index (χ0n) is 16.4. The van der Waals surface area contributed by atoms with E-state index in [1.165, 1.54) is 17.8 Å². The number of benzene rings is 2. The van der Waals surface area contributed by atoms with Crippen LogP contribution in [0.3, 0.4) is 0 Å². The predicted molar refractivity (Wildman–Crippen MR) is 109 cm³/mol. The molecule has 2 rings (SSSR count). The molecule has 0 aliphatic heterocycles. The molecular weight excluding hydrogens is 381 g/mol. The molecule has 28 heavy (non-hydrogen) atoms. The fraction of sp³-hybridized carbons (Fsp3) is 0.381. The lowest BCUT2D eigenvalue weighted by molar-refractivity contribution is -0.121. The van der Waals surface area contributed by atoms with Crippen molar-refractivity contribution < 1.29 is 23.4 Å². The van der Waals surface area contributed by atoms with Crippen LogP contribution in [0, 0.1) is 5.82 Å². The minimum Gasteiger partial charge on any atom is -0.493 e. The Morgan fingerprint density at radius 1 is 1.14 bits per heavy atom. The summed E-state index contributed by atoms with van der Waals surface area (Å²) in [6, 6.07) is 11.9. The lowest BCUT2D eigenvalue weighted by Crippen LogP contribution is -2.26. The number of thioether (sulfide) groups is 1. The highest BCUT2D eigenvalue weighted by molar-refractivity contribution is 7.99. The molecule has 1 N–H and O–H groups in total. The average Bonchev–Trinajstić information content (AvgIpc) is 2.69. The van der Waals surface area contributed by atoms with Crippen LogP contribution in [0.25, 0.3) is 0 Å². The van der Waals surface area contributed by atoms with Crippen LogP contribution in [0.15, 0.2) is 47.4 Å². The molecule has 7 heteroatoms. The van der Waals surface area contributed by atoms with E-state index in [9.17, 15) is 9.18 Å². The number of hydrogen-bond acceptors (Lipinski definition) is 5. The van der Waals surface area contributed by atoms with Crippen molar-refractivity contribution in [1.82, 2.24) is 5.32 Å². The van der Waals surface area contributed by atoms with Crippen LogP contribution in [-0.4, -0.2) is 39.1 Å². The third-order valence-electron chi connectivity index (χ3n) is 4.03. The van der Waals surface area contributed by atoms with E-state index in [2.05, 4.69) is 5.32 Å². The number of nitrogens with one attached hydrogen (secondary N) is 1. The van der Waals surface area contributed by atoms with E-state index in [1.807, 2.05) is 25.1 Å². The maximum Gasteiger partial charge on any atom is 0.221 e. The summed E-state index contributed by atoms with van der Waals surface area (Å²) in [6.45, 7) is 2.82. The van der Waals surface area contributed by atoms with Crippen LogP contribution in [0.5, 0.6) is 11.5 Å². The fourth-order valence-corrected chi connectivity index (χ4v) is 3.41. The highest BCUT2D eigenvalue weighted by atomic mass is 32.2. The highest BCUT2D eigenvalue weighted by Crippen LogP contribution is 2.30. The van der Waals surface area contributed by atoms with Crippen molar-refractivity contribution in [3.8, 4) is 11.5 Å². The number of halogens is 1. The van der Waals surface area contributed by atoms with E-state index in [1.54, 1.807) is 32.4 Å². The lowest BCUT2D eigenvalue weighted by Gasteiger charge is -2.17. The van der Waals surface area contributed by atoms with Gasteiger partial charge in [-0.15, -0.1) is 11.8 Å².